The van der Waals surface area contributed by atoms with Gasteiger partial charge in [-0.05, 0) is 25.5 Å². The highest BCUT2D eigenvalue weighted by atomic mass is 16.7. The second-order valence-electron chi connectivity index (χ2n) is 4.31. The van der Waals surface area contributed by atoms with Crippen LogP contribution in [0.4, 0.5) is 0 Å². The largest absolute Gasteiger partial charge is 0.464 e. The molecule has 1 aliphatic heterocycles. The van der Waals surface area contributed by atoms with Crippen molar-refractivity contribution in [2.75, 3.05) is 13.2 Å². The van der Waals surface area contributed by atoms with Gasteiger partial charge in [0, 0.05) is 6.42 Å². The molecular formula is C16H24O5. The summed E-state index contributed by atoms with van der Waals surface area (Å²) in [5.74, 6) is -0.00509. The Kier molecular flexibility index (Phi) is 7.79. The molecule has 2 unspecified atom stereocenters. The fourth-order valence-electron chi connectivity index (χ4n) is 1.91. The number of hydrogen-bond acceptors (Lipinski definition) is 5. The van der Waals surface area contributed by atoms with Gasteiger partial charge in [-0.2, -0.15) is 0 Å². The third-order valence-electron chi connectivity index (χ3n) is 2.86. The molecule has 0 aliphatic carbocycles. The first-order valence-electron chi connectivity index (χ1n) is 7.43. The maximum absolute atomic E-state index is 11.8. The first-order chi connectivity index (χ1) is 10.2. The molecule has 5 nitrogen and oxygen atoms in total. The second-order valence-corrected chi connectivity index (χ2v) is 4.31. The van der Waals surface area contributed by atoms with Crippen LogP contribution in [0.2, 0.25) is 0 Å². The number of ether oxygens (including phenoxy) is 3. The molecule has 0 bridgehead atoms. The third kappa shape index (κ3) is 5.36. The van der Waals surface area contributed by atoms with Gasteiger partial charge in [0.15, 0.2) is 0 Å². The van der Waals surface area contributed by atoms with Crippen LogP contribution in [-0.4, -0.2) is 36.7 Å². The molecule has 5 heteroatoms. The summed E-state index contributed by atoms with van der Waals surface area (Å²) in [6.07, 6.45) is 0.0594. The van der Waals surface area contributed by atoms with Gasteiger partial charge in [-0.3, -0.25) is 0 Å². The number of carbonyl (C=O) groups excluding carboxylic acids is 1. The molecule has 1 aromatic rings. The van der Waals surface area contributed by atoms with Crippen LogP contribution in [0.1, 0.15) is 44.0 Å². The molecule has 0 amide bonds. The predicted molar refractivity (Wildman–Crippen MR) is 79.4 cm³/mol. The summed E-state index contributed by atoms with van der Waals surface area (Å²) in [5, 5.41) is 9.57. The lowest BCUT2D eigenvalue weighted by Crippen LogP contribution is -2.33. The molecule has 21 heavy (non-hydrogen) atoms. The number of aliphatic hydroxyl groups is 1. The van der Waals surface area contributed by atoms with E-state index in [2.05, 4.69) is 0 Å². The van der Waals surface area contributed by atoms with E-state index < -0.39 is 18.4 Å². The fourth-order valence-corrected chi connectivity index (χ4v) is 1.91. The summed E-state index contributed by atoms with van der Waals surface area (Å²) in [6.45, 7) is 6.52. The summed E-state index contributed by atoms with van der Waals surface area (Å²) >= 11 is 0. The van der Waals surface area contributed by atoms with Gasteiger partial charge >= 0.3 is 5.97 Å². The average Bonchev–Trinajstić information content (AvgIpc) is 2.50. The number of benzene rings is 1. The van der Waals surface area contributed by atoms with Gasteiger partial charge in [-0.25, -0.2) is 4.79 Å². The van der Waals surface area contributed by atoms with Gasteiger partial charge in [-0.1, -0.05) is 26.0 Å². The monoisotopic (exact) mass is 296 g/mol. The lowest BCUT2D eigenvalue weighted by molar-refractivity contribution is -0.137. The van der Waals surface area contributed by atoms with E-state index in [0.29, 0.717) is 37.4 Å². The fraction of sp³-hybridized carbons (Fsp3) is 0.562. The zero-order chi connectivity index (χ0) is 15.7. The number of rotatable bonds is 4. The number of aliphatic hydroxyl groups excluding tert-OH is 1. The van der Waals surface area contributed by atoms with Crippen molar-refractivity contribution in [3.63, 3.8) is 0 Å². The van der Waals surface area contributed by atoms with Crippen LogP contribution < -0.4 is 4.74 Å². The van der Waals surface area contributed by atoms with E-state index in [0.717, 1.165) is 0 Å². The molecule has 1 saturated heterocycles. The predicted octanol–water partition coefficient (Wildman–Crippen LogP) is 2.77. The van der Waals surface area contributed by atoms with Crippen LogP contribution in [0.15, 0.2) is 24.3 Å². The first kappa shape index (κ1) is 17.5. The summed E-state index contributed by atoms with van der Waals surface area (Å²) < 4.78 is 16.0. The van der Waals surface area contributed by atoms with Crippen molar-refractivity contribution in [3.05, 3.63) is 29.8 Å². The Hall–Kier alpha value is -1.59. The maximum Gasteiger partial charge on any atom is 0.341 e. The Morgan fingerprint density at radius 1 is 1.38 bits per heavy atom. The molecule has 1 fully saturated rings. The molecule has 1 heterocycles. The average molecular weight is 296 g/mol. The van der Waals surface area contributed by atoms with Gasteiger partial charge in [0.1, 0.15) is 11.3 Å². The van der Waals surface area contributed by atoms with E-state index in [1.54, 1.807) is 31.2 Å². The molecular weight excluding hydrogens is 272 g/mol. The van der Waals surface area contributed by atoms with Crippen molar-refractivity contribution in [2.24, 2.45) is 0 Å². The molecule has 0 saturated carbocycles. The first-order valence-corrected chi connectivity index (χ1v) is 7.43. The highest BCUT2D eigenvalue weighted by molar-refractivity contribution is 5.92. The van der Waals surface area contributed by atoms with Crippen molar-refractivity contribution < 1.29 is 24.1 Å². The molecule has 2 rings (SSSR count). The Morgan fingerprint density at radius 3 is 2.76 bits per heavy atom. The summed E-state index contributed by atoms with van der Waals surface area (Å²) in [7, 11) is 0. The minimum atomic E-state index is -0.528. The highest BCUT2D eigenvalue weighted by Crippen LogP contribution is 2.24. The molecule has 0 radical (unpaired) electrons. The molecule has 0 spiro atoms. The molecule has 2 atom stereocenters. The number of hydrogen-bond donors (Lipinski definition) is 1. The topological polar surface area (TPSA) is 65.0 Å². The lowest BCUT2D eigenvalue weighted by Gasteiger charge is -2.27. The van der Waals surface area contributed by atoms with E-state index in [1.165, 1.54) is 0 Å². The molecule has 1 aliphatic rings. The Bertz CT molecular complexity index is 432. The summed E-state index contributed by atoms with van der Waals surface area (Å²) in [4.78, 5) is 11.8. The normalized spacial score (nSPS) is 21.0. The molecule has 0 aromatic heterocycles. The van der Waals surface area contributed by atoms with Crippen LogP contribution in [-0.2, 0) is 9.47 Å². The van der Waals surface area contributed by atoms with Gasteiger partial charge in [0.05, 0.1) is 19.3 Å². The zero-order valence-electron chi connectivity index (χ0n) is 12.9. The Morgan fingerprint density at radius 2 is 2.10 bits per heavy atom. The van der Waals surface area contributed by atoms with Crippen LogP contribution in [0.5, 0.6) is 5.75 Å². The smallest absolute Gasteiger partial charge is 0.341 e. The third-order valence-corrected chi connectivity index (χ3v) is 2.86. The van der Waals surface area contributed by atoms with E-state index >= 15 is 0 Å². The highest BCUT2D eigenvalue weighted by Gasteiger charge is 2.24. The standard InChI is InChI=1S/C14H18O5.C2H6/c1-2-17-14(16)11-5-3-4-6-12(11)19-13-9-10(15)7-8-18-13;1-2/h3-6,10,13,15H,2,7-9H2,1H3;1-2H3. The van der Waals surface area contributed by atoms with E-state index in [-0.39, 0.29) is 0 Å². The quantitative estimate of drug-likeness (QED) is 0.865. The van der Waals surface area contributed by atoms with E-state index in [1.807, 2.05) is 13.8 Å². The second kappa shape index (κ2) is 9.37. The van der Waals surface area contributed by atoms with E-state index in [4.69, 9.17) is 14.2 Å². The molecule has 118 valence electrons. The number of carbonyl (C=O) groups is 1. The van der Waals surface area contributed by atoms with Crippen molar-refractivity contribution in [1.29, 1.82) is 0 Å². The van der Waals surface area contributed by atoms with Crippen molar-refractivity contribution in [1.82, 2.24) is 0 Å². The number of esters is 1. The van der Waals surface area contributed by atoms with Crippen LogP contribution in [0.3, 0.4) is 0 Å². The van der Waals surface area contributed by atoms with Crippen LogP contribution in [0, 0.1) is 0 Å². The Balaban J connectivity index is 0.00000106. The summed E-state index contributed by atoms with van der Waals surface area (Å²) in [6, 6.07) is 6.86. The van der Waals surface area contributed by atoms with Gasteiger partial charge in [0.2, 0.25) is 6.29 Å². The lowest BCUT2D eigenvalue weighted by atomic mass is 10.1. The number of para-hydroxylation sites is 1. The van der Waals surface area contributed by atoms with Crippen molar-refractivity contribution in [3.8, 4) is 5.75 Å². The van der Waals surface area contributed by atoms with Crippen LogP contribution in [0.25, 0.3) is 0 Å². The minimum absolute atomic E-state index is 0.311. The molecule has 1 aromatic carbocycles. The van der Waals surface area contributed by atoms with Gasteiger partial charge in [0.25, 0.3) is 0 Å². The van der Waals surface area contributed by atoms with Gasteiger partial charge in [-0.15, -0.1) is 0 Å². The van der Waals surface area contributed by atoms with Crippen LogP contribution >= 0.6 is 0 Å². The maximum atomic E-state index is 11.8. The Labute approximate surface area is 125 Å². The SMILES string of the molecule is CC.CCOC(=O)c1ccccc1OC1CC(O)CCO1. The van der Waals surface area contributed by atoms with Crippen molar-refractivity contribution in [2.45, 2.75) is 46.0 Å². The van der Waals surface area contributed by atoms with E-state index in [9.17, 15) is 9.90 Å². The van der Waals surface area contributed by atoms with Gasteiger partial charge < -0.3 is 19.3 Å². The van der Waals surface area contributed by atoms with Crippen molar-refractivity contribution >= 4 is 5.97 Å². The molecule has 1 N–H and O–H groups in total. The minimum Gasteiger partial charge on any atom is -0.464 e. The summed E-state index contributed by atoms with van der Waals surface area (Å²) in [5.41, 5.74) is 0.369. The zero-order valence-corrected chi connectivity index (χ0v) is 12.9.